The Balaban J connectivity index is 1.93. The minimum atomic E-state index is -0.0544. The van der Waals surface area contributed by atoms with Crippen LogP contribution < -0.4 is 5.73 Å². The Kier molecular flexibility index (Phi) is 5.30. The van der Waals surface area contributed by atoms with Gasteiger partial charge >= 0.3 is 0 Å². The van der Waals surface area contributed by atoms with Crippen molar-refractivity contribution in [3.8, 4) is 0 Å². The number of carbonyl (C=O) groups excluding carboxylic acids is 1. The maximum Gasteiger partial charge on any atom is 0.276 e. The van der Waals surface area contributed by atoms with Crippen LogP contribution in [0.5, 0.6) is 0 Å². The van der Waals surface area contributed by atoms with Gasteiger partial charge in [-0.15, -0.1) is 5.10 Å². The van der Waals surface area contributed by atoms with Crippen LogP contribution in [0.15, 0.2) is 6.20 Å². The Morgan fingerprint density at radius 3 is 2.71 bits per heavy atom. The van der Waals surface area contributed by atoms with Crippen molar-refractivity contribution in [2.75, 3.05) is 26.7 Å². The Morgan fingerprint density at radius 1 is 1.48 bits per heavy atom. The summed E-state index contributed by atoms with van der Waals surface area (Å²) in [6, 6.07) is 0.857. The standard InChI is InChI=1S/C14H26N6O/c1-11(2)19-7-4-12(5-8-19)18(3)14(21)13-10-20(9-6-15)17-16-13/h10-12H,4-9,15H2,1-3H3. The van der Waals surface area contributed by atoms with E-state index in [2.05, 4.69) is 29.1 Å². The molecule has 0 aromatic carbocycles. The lowest BCUT2D eigenvalue weighted by molar-refractivity contribution is 0.0609. The SMILES string of the molecule is CC(C)N1CCC(N(C)C(=O)c2cn(CCN)nn2)CC1. The number of aromatic nitrogens is 3. The van der Waals surface area contributed by atoms with Crippen molar-refractivity contribution in [2.45, 2.75) is 45.3 Å². The molecule has 118 valence electrons. The summed E-state index contributed by atoms with van der Waals surface area (Å²) in [5.74, 6) is -0.0544. The van der Waals surface area contributed by atoms with Gasteiger partial charge in [0.25, 0.3) is 5.91 Å². The number of nitrogens with zero attached hydrogens (tertiary/aromatic N) is 5. The second-order valence-electron chi connectivity index (χ2n) is 5.93. The van der Waals surface area contributed by atoms with Crippen LogP contribution in [0.1, 0.15) is 37.2 Å². The summed E-state index contributed by atoms with van der Waals surface area (Å²) in [6.07, 6.45) is 3.70. The molecule has 0 spiro atoms. The molecule has 7 nitrogen and oxygen atoms in total. The van der Waals surface area contributed by atoms with Crippen molar-refractivity contribution >= 4 is 5.91 Å². The van der Waals surface area contributed by atoms with Gasteiger partial charge in [-0.3, -0.25) is 9.48 Å². The lowest BCUT2D eigenvalue weighted by Gasteiger charge is -2.38. The summed E-state index contributed by atoms with van der Waals surface area (Å²) in [5.41, 5.74) is 5.87. The molecule has 0 unspecified atom stereocenters. The molecule has 0 bridgehead atoms. The van der Waals surface area contributed by atoms with Crippen LogP contribution in [0.2, 0.25) is 0 Å². The molecular weight excluding hydrogens is 268 g/mol. The van der Waals surface area contributed by atoms with E-state index in [1.54, 1.807) is 10.9 Å². The van der Waals surface area contributed by atoms with E-state index < -0.39 is 0 Å². The predicted octanol–water partition coefficient (Wildman–Crippen LogP) is 0.182. The largest absolute Gasteiger partial charge is 0.337 e. The van der Waals surface area contributed by atoms with E-state index in [4.69, 9.17) is 5.73 Å². The maximum atomic E-state index is 12.4. The second kappa shape index (κ2) is 7.00. The molecule has 1 saturated heterocycles. The van der Waals surface area contributed by atoms with Gasteiger partial charge in [0.05, 0.1) is 12.7 Å². The first-order valence-corrected chi connectivity index (χ1v) is 7.64. The van der Waals surface area contributed by atoms with E-state index in [-0.39, 0.29) is 11.9 Å². The number of nitrogens with two attached hydrogens (primary N) is 1. The Hall–Kier alpha value is -1.47. The number of carbonyl (C=O) groups is 1. The van der Waals surface area contributed by atoms with Crippen molar-refractivity contribution in [3.05, 3.63) is 11.9 Å². The number of amides is 1. The van der Waals surface area contributed by atoms with E-state index in [9.17, 15) is 4.79 Å². The van der Waals surface area contributed by atoms with Crippen LogP contribution >= 0.6 is 0 Å². The first-order valence-electron chi connectivity index (χ1n) is 7.64. The summed E-state index contributed by atoms with van der Waals surface area (Å²) >= 11 is 0. The fourth-order valence-corrected chi connectivity index (χ4v) is 2.77. The number of hydrogen-bond donors (Lipinski definition) is 1. The first-order chi connectivity index (χ1) is 10.0. The smallest absolute Gasteiger partial charge is 0.276 e. The third-order valence-corrected chi connectivity index (χ3v) is 4.21. The Bertz CT molecular complexity index is 464. The molecule has 1 aromatic rings. The van der Waals surface area contributed by atoms with Crippen molar-refractivity contribution in [1.82, 2.24) is 24.8 Å². The molecule has 1 aliphatic rings. The highest BCUT2D eigenvalue weighted by Crippen LogP contribution is 2.18. The quantitative estimate of drug-likeness (QED) is 0.838. The van der Waals surface area contributed by atoms with Crippen molar-refractivity contribution in [3.63, 3.8) is 0 Å². The molecule has 2 N–H and O–H groups in total. The Labute approximate surface area is 126 Å². The average Bonchev–Trinajstić information content (AvgIpc) is 2.95. The van der Waals surface area contributed by atoms with Crippen molar-refractivity contribution in [1.29, 1.82) is 0 Å². The molecule has 0 aliphatic carbocycles. The molecular formula is C14H26N6O. The molecule has 0 atom stereocenters. The van der Waals surface area contributed by atoms with Gasteiger partial charge in [0.2, 0.25) is 0 Å². The van der Waals surface area contributed by atoms with Crippen LogP contribution in [0, 0.1) is 0 Å². The Morgan fingerprint density at radius 2 is 2.14 bits per heavy atom. The van der Waals surface area contributed by atoms with Crippen LogP contribution in [-0.2, 0) is 6.54 Å². The first kappa shape index (κ1) is 15.9. The van der Waals surface area contributed by atoms with Crippen LogP contribution in [0.25, 0.3) is 0 Å². The van der Waals surface area contributed by atoms with E-state index in [0.29, 0.717) is 24.8 Å². The van der Waals surface area contributed by atoms with E-state index in [1.165, 1.54) is 0 Å². The van der Waals surface area contributed by atoms with Gasteiger partial charge in [-0.05, 0) is 26.7 Å². The number of likely N-dealkylation sites (tertiary alicyclic amines) is 1. The number of hydrogen-bond acceptors (Lipinski definition) is 5. The second-order valence-corrected chi connectivity index (χ2v) is 5.93. The molecule has 1 aliphatic heterocycles. The van der Waals surface area contributed by atoms with Gasteiger partial charge in [0, 0.05) is 38.8 Å². The minimum Gasteiger partial charge on any atom is -0.337 e. The fraction of sp³-hybridized carbons (Fsp3) is 0.786. The van der Waals surface area contributed by atoms with Crippen molar-refractivity contribution in [2.24, 2.45) is 5.73 Å². The molecule has 7 heteroatoms. The van der Waals surface area contributed by atoms with Crippen molar-refractivity contribution < 1.29 is 4.79 Å². The molecule has 1 fully saturated rings. The van der Waals surface area contributed by atoms with E-state index >= 15 is 0 Å². The number of rotatable bonds is 5. The molecule has 2 heterocycles. The molecule has 0 radical (unpaired) electrons. The lowest BCUT2D eigenvalue weighted by atomic mass is 10.0. The van der Waals surface area contributed by atoms with E-state index in [1.807, 2.05) is 11.9 Å². The van der Waals surface area contributed by atoms with Gasteiger partial charge in [0.15, 0.2) is 5.69 Å². The summed E-state index contributed by atoms with van der Waals surface area (Å²) in [4.78, 5) is 16.7. The highest BCUT2D eigenvalue weighted by molar-refractivity contribution is 5.91. The van der Waals surface area contributed by atoms with Gasteiger partial charge < -0.3 is 15.5 Å². The summed E-state index contributed by atoms with van der Waals surface area (Å²) < 4.78 is 1.61. The third kappa shape index (κ3) is 3.79. The average molecular weight is 294 g/mol. The summed E-state index contributed by atoms with van der Waals surface area (Å²) in [7, 11) is 1.86. The molecule has 21 heavy (non-hydrogen) atoms. The van der Waals surface area contributed by atoms with Gasteiger partial charge in [0.1, 0.15) is 0 Å². The number of piperidine rings is 1. The third-order valence-electron chi connectivity index (χ3n) is 4.21. The van der Waals surface area contributed by atoms with Gasteiger partial charge in [-0.25, -0.2) is 0 Å². The normalized spacial score (nSPS) is 17.4. The van der Waals surface area contributed by atoms with Crippen LogP contribution in [-0.4, -0.2) is 69.5 Å². The highest BCUT2D eigenvalue weighted by Gasteiger charge is 2.27. The fourth-order valence-electron chi connectivity index (χ4n) is 2.77. The zero-order valence-corrected chi connectivity index (χ0v) is 13.2. The monoisotopic (exact) mass is 294 g/mol. The molecule has 1 amide bonds. The van der Waals surface area contributed by atoms with Crippen LogP contribution in [0.3, 0.4) is 0 Å². The van der Waals surface area contributed by atoms with Gasteiger partial charge in [-0.2, -0.15) is 0 Å². The summed E-state index contributed by atoms with van der Waals surface area (Å²) in [5, 5.41) is 7.87. The topological polar surface area (TPSA) is 80.3 Å². The minimum absolute atomic E-state index is 0.0544. The zero-order valence-electron chi connectivity index (χ0n) is 13.2. The molecule has 1 aromatic heterocycles. The van der Waals surface area contributed by atoms with Crippen LogP contribution in [0.4, 0.5) is 0 Å². The maximum absolute atomic E-state index is 12.4. The highest BCUT2D eigenvalue weighted by atomic mass is 16.2. The zero-order chi connectivity index (χ0) is 15.4. The molecule has 0 saturated carbocycles. The summed E-state index contributed by atoms with van der Waals surface area (Å²) in [6.45, 7) is 7.58. The predicted molar refractivity (Wildman–Crippen MR) is 80.9 cm³/mol. The molecule has 2 rings (SSSR count). The van der Waals surface area contributed by atoms with E-state index in [0.717, 1.165) is 25.9 Å². The van der Waals surface area contributed by atoms with Gasteiger partial charge in [-0.1, -0.05) is 5.21 Å². The lowest BCUT2D eigenvalue weighted by Crippen LogP contribution is -2.47.